The van der Waals surface area contributed by atoms with Crippen LogP contribution in [-0.4, -0.2) is 60.9 Å². The molecule has 8 heteroatoms. The summed E-state index contributed by atoms with van der Waals surface area (Å²) in [7, 11) is 0. The van der Waals surface area contributed by atoms with Crippen LogP contribution in [0.1, 0.15) is 0 Å². The molecule has 0 unspecified atom stereocenters. The van der Waals surface area contributed by atoms with Gasteiger partial charge in [0.1, 0.15) is 0 Å². The molecular formula is C14H18Cl2N4O2. The molecule has 3 N–H and O–H groups in total. The third-order valence-electron chi connectivity index (χ3n) is 3.48. The highest BCUT2D eigenvalue weighted by atomic mass is 35.5. The second kappa shape index (κ2) is 7.78. The zero-order valence-electron chi connectivity index (χ0n) is 12.0. The van der Waals surface area contributed by atoms with E-state index in [4.69, 9.17) is 28.9 Å². The Bertz CT molecular complexity index is 560. The number of nitrogens with zero attached hydrogens (tertiary/aromatic N) is 2. The van der Waals surface area contributed by atoms with Crippen LogP contribution in [0.2, 0.25) is 10.0 Å². The Morgan fingerprint density at radius 1 is 1.14 bits per heavy atom. The second-order valence-electron chi connectivity index (χ2n) is 5.01. The number of nitrogens with one attached hydrogen (secondary N) is 1. The molecule has 1 fully saturated rings. The van der Waals surface area contributed by atoms with Gasteiger partial charge >= 0.3 is 11.8 Å². The van der Waals surface area contributed by atoms with Gasteiger partial charge in [-0.1, -0.05) is 23.2 Å². The molecule has 1 aliphatic heterocycles. The van der Waals surface area contributed by atoms with Gasteiger partial charge in [-0.25, -0.2) is 0 Å². The molecule has 1 aromatic rings. The first-order chi connectivity index (χ1) is 10.5. The molecule has 2 rings (SSSR count). The zero-order valence-corrected chi connectivity index (χ0v) is 13.5. The predicted molar refractivity (Wildman–Crippen MR) is 87.2 cm³/mol. The number of hydrogen-bond donors (Lipinski definition) is 2. The number of amides is 2. The molecule has 0 radical (unpaired) electrons. The molecule has 0 bridgehead atoms. The van der Waals surface area contributed by atoms with Crippen molar-refractivity contribution in [3.63, 3.8) is 0 Å². The van der Waals surface area contributed by atoms with Gasteiger partial charge in [0.15, 0.2) is 0 Å². The number of piperazine rings is 1. The van der Waals surface area contributed by atoms with Gasteiger partial charge in [0, 0.05) is 45.0 Å². The Kier molecular flexibility index (Phi) is 6.02. The van der Waals surface area contributed by atoms with Crippen molar-refractivity contribution in [3.05, 3.63) is 28.2 Å². The summed E-state index contributed by atoms with van der Waals surface area (Å²) in [5.74, 6) is -1.22. The molecule has 1 heterocycles. The van der Waals surface area contributed by atoms with E-state index < -0.39 is 11.8 Å². The zero-order chi connectivity index (χ0) is 16.1. The van der Waals surface area contributed by atoms with Gasteiger partial charge in [-0.05, 0) is 18.2 Å². The molecule has 0 spiro atoms. The summed E-state index contributed by atoms with van der Waals surface area (Å²) in [4.78, 5) is 27.8. The minimum absolute atomic E-state index is 0.322. The maximum absolute atomic E-state index is 12.1. The van der Waals surface area contributed by atoms with Gasteiger partial charge in [-0.15, -0.1) is 0 Å². The Hall–Kier alpha value is -1.34. The average molecular weight is 345 g/mol. The van der Waals surface area contributed by atoms with Crippen LogP contribution in [0.3, 0.4) is 0 Å². The number of halogens is 2. The standard InChI is InChI=1S/C14H18Cl2N4O2/c15-11-2-1-10(9-12(11)16)18-13(21)14(22)20-7-5-19(4-3-17)6-8-20/h1-2,9H,3-8,17H2,(H,18,21). The summed E-state index contributed by atoms with van der Waals surface area (Å²) in [6, 6.07) is 4.67. The fraction of sp³-hybridized carbons (Fsp3) is 0.429. The lowest BCUT2D eigenvalue weighted by Gasteiger charge is -2.34. The SMILES string of the molecule is NCCN1CCN(C(=O)C(=O)Nc2ccc(Cl)c(Cl)c2)CC1. The normalized spacial score (nSPS) is 15.7. The summed E-state index contributed by atoms with van der Waals surface area (Å²) < 4.78 is 0. The fourth-order valence-electron chi connectivity index (χ4n) is 2.26. The van der Waals surface area contributed by atoms with Crippen molar-refractivity contribution in [2.45, 2.75) is 0 Å². The van der Waals surface area contributed by atoms with Crippen LogP contribution in [0.15, 0.2) is 18.2 Å². The monoisotopic (exact) mass is 344 g/mol. The van der Waals surface area contributed by atoms with Crippen LogP contribution in [0.25, 0.3) is 0 Å². The molecule has 22 heavy (non-hydrogen) atoms. The van der Waals surface area contributed by atoms with Crippen LogP contribution in [0.4, 0.5) is 5.69 Å². The summed E-state index contributed by atoms with van der Waals surface area (Å²) in [5.41, 5.74) is 5.94. The predicted octanol–water partition coefficient (Wildman–Crippen LogP) is 1.03. The number of hydrogen-bond acceptors (Lipinski definition) is 4. The van der Waals surface area contributed by atoms with E-state index >= 15 is 0 Å². The van der Waals surface area contributed by atoms with E-state index in [-0.39, 0.29) is 0 Å². The van der Waals surface area contributed by atoms with Crippen molar-refractivity contribution in [2.75, 3.05) is 44.6 Å². The lowest BCUT2D eigenvalue weighted by molar-refractivity contribution is -0.144. The topological polar surface area (TPSA) is 78.7 Å². The Morgan fingerprint density at radius 2 is 1.82 bits per heavy atom. The molecule has 1 saturated heterocycles. The first kappa shape index (κ1) is 17.0. The third kappa shape index (κ3) is 4.33. The van der Waals surface area contributed by atoms with Gasteiger partial charge in [0.2, 0.25) is 0 Å². The van der Waals surface area contributed by atoms with Crippen molar-refractivity contribution in [3.8, 4) is 0 Å². The minimum atomic E-state index is -0.675. The molecule has 0 aliphatic carbocycles. The molecule has 1 aromatic carbocycles. The maximum Gasteiger partial charge on any atom is 0.313 e. The van der Waals surface area contributed by atoms with Gasteiger partial charge in [-0.2, -0.15) is 0 Å². The van der Waals surface area contributed by atoms with Crippen molar-refractivity contribution >= 4 is 40.7 Å². The summed E-state index contributed by atoms with van der Waals surface area (Å²) in [5, 5.41) is 3.25. The summed E-state index contributed by atoms with van der Waals surface area (Å²) in [6.45, 7) is 3.89. The molecule has 6 nitrogen and oxygen atoms in total. The van der Waals surface area contributed by atoms with Crippen molar-refractivity contribution < 1.29 is 9.59 Å². The third-order valence-corrected chi connectivity index (χ3v) is 4.22. The minimum Gasteiger partial charge on any atom is -0.332 e. The first-order valence-electron chi connectivity index (χ1n) is 6.99. The van der Waals surface area contributed by atoms with Gasteiger partial charge < -0.3 is 16.0 Å². The Morgan fingerprint density at radius 3 is 2.41 bits per heavy atom. The van der Waals surface area contributed by atoms with E-state index in [1.807, 2.05) is 0 Å². The second-order valence-corrected chi connectivity index (χ2v) is 5.82. The molecular weight excluding hydrogens is 327 g/mol. The quantitative estimate of drug-likeness (QED) is 0.803. The first-order valence-corrected chi connectivity index (χ1v) is 7.74. The van der Waals surface area contributed by atoms with E-state index in [0.717, 1.165) is 19.6 Å². The van der Waals surface area contributed by atoms with Crippen molar-refractivity contribution in [1.82, 2.24) is 9.80 Å². The average Bonchev–Trinajstić information content (AvgIpc) is 2.51. The van der Waals surface area contributed by atoms with Crippen molar-refractivity contribution in [1.29, 1.82) is 0 Å². The highest BCUT2D eigenvalue weighted by Crippen LogP contribution is 2.25. The maximum atomic E-state index is 12.1. The lowest BCUT2D eigenvalue weighted by Crippen LogP contribution is -2.52. The smallest absolute Gasteiger partial charge is 0.313 e. The van der Waals surface area contributed by atoms with Crippen LogP contribution in [0, 0.1) is 0 Å². The molecule has 0 aromatic heterocycles. The van der Waals surface area contributed by atoms with E-state index in [9.17, 15) is 9.59 Å². The summed E-state index contributed by atoms with van der Waals surface area (Å²) in [6.07, 6.45) is 0. The number of carbonyl (C=O) groups is 2. The number of benzene rings is 1. The van der Waals surface area contributed by atoms with Crippen LogP contribution < -0.4 is 11.1 Å². The molecule has 2 amide bonds. The largest absolute Gasteiger partial charge is 0.332 e. The molecule has 120 valence electrons. The van der Waals surface area contributed by atoms with E-state index in [1.165, 1.54) is 6.07 Å². The highest BCUT2D eigenvalue weighted by molar-refractivity contribution is 6.42. The van der Waals surface area contributed by atoms with Crippen LogP contribution in [-0.2, 0) is 9.59 Å². The van der Waals surface area contributed by atoms with E-state index in [1.54, 1.807) is 17.0 Å². The van der Waals surface area contributed by atoms with Gasteiger partial charge in [-0.3, -0.25) is 14.5 Å². The van der Waals surface area contributed by atoms with Crippen LogP contribution in [0.5, 0.6) is 0 Å². The number of rotatable bonds is 3. The lowest BCUT2D eigenvalue weighted by atomic mass is 10.3. The van der Waals surface area contributed by atoms with Gasteiger partial charge in [0.25, 0.3) is 0 Å². The number of anilines is 1. The Labute approximate surface area is 139 Å². The Balaban J connectivity index is 1.90. The van der Waals surface area contributed by atoms with Gasteiger partial charge in [0.05, 0.1) is 10.0 Å². The summed E-state index contributed by atoms with van der Waals surface area (Å²) >= 11 is 11.7. The van der Waals surface area contributed by atoms with Crippen molar-refractivity contribution in [2.24, 2.45) is 5.73 Å². The fourth-order valence-corrected chi connectivity index (χ4v) is 2.56. The molecule has 0 atom stereocenters. The highest BCUT2D eigenvalue weighted by Gasteiger charge is 2.25. The van der Waals surface area contributed by atoms with Crippen LogP contribution >= 0.6 is 23.2 Å². The molecule has 1 aliphatic rings. The number of nitrogens with two attached hydrogens (primary N) is 1. The van der Waals surface area contributed by atoms with E-state index in [2.05, 4.69) is 10.2 Å². The number of carbonyl (C=O) groups excluding carboxylic acids is 2. The van der Waals surface area contributed by atoms with E-state index in [0.29, 0.717) is 35.4 Å². The molecule has 0 saturated carbocycles.